The van der Waals surface area contributed by atoms with Crippen LogP contribution >= 0.6 is 0 Å². The maximum atomic E-state index is 12.5. The number of rotatable bonds is 6. The van der Waals surface area contributed by atoms with E-state index in [0.29, 0.717) is 5.56 Å². The first-order valence-corrected chi connectivity index (χ1v) is 8.13. The van der Waals surface area contributed by atoms with Gasteiger partial charge in [0.05, 0.1) is 0 Å². The molecule has 0 radical (unpaired) electrons. The van der Waals surface area contributed by atoms with Crippen molar-refractivity contribution in [2.45, 2.75) is 44.9 Å². The lowest BCUT2D eigenvalue weighted by atomic mass is 10.1. The number of carbonyl (C=O) groups excluding carboxylic acids is 2. The number of halogens is 3. The Balaban J connectivity index is 1.74. The Labute approximate surface area is 147 Å². The molecule has 0 atom stereocenters. The Bertz CT molecular complexity index is 811. The first-order chi connectivity index (χ1) is 12.3. The standard InChI is InChI=1S/C17H16F3N3O3/c1-2-13(24)15(25)23(12-7-8-12)9-10-3-5-11(6-4-10)14-21-16(26-22-14)17(18,19)20/h3-6,12H,2,7-9H2,1H3. The summed E-state index contributed by atoms with van der Waals surface area (Å²) in [4.78, 5) is 28.8. The van der Waals surface area contributed by atoms with E-state index in [2.05, 4.69) is 14.7 Å². The highest BCUT2D eigenvalue weighted by atomic mass is 19.4. The van der Waals surface area contributed by atoms with Crippen molar-refractivity contribution in [2.24, 2.45) is 0 Å². The Hall–Kier alpha value is -2.71. The number of hydrogen-bond acceptors (Lipinski definition) is 5. The van der Waals surface area contributed by atoms with E-state index < -0.39 is 23.8 Å². The van der Waals surface area contributed by atoms with Crippen LogP contribution in [0, 0.1) is 0 Å². The van der Waals surface area contributed by atoms with Gasteiger partial charge < -0.3 is 9.42 Å². The van der Waals surface area contributed by atoms with E-state index in [-0.39, 0.29) is 24.8 Å². The molecular formula is C17H16F3N3O3. The van der Waals surface area contributed by atoms with Crippen LogP contribution in [0.1, 0.15) is 37.6 Å². The number of aromatic nitrogens is 2. The van der Waals surface area contributed by atoms with Crippen LogP contribution in [0.4, 0.5) is 13.2 Å². The molecule has 1 saturated carbocycles. The van der Waals surface area contributed by atoms with E-state index in [1.54, 1.807) is 36.1 Å². The van der Waals surface area contributed by atoms with Crippen molar-refractivity contribution >= 4 is 11.7 Å². The number of benzene rings is 1. The smallest absolute Gasteiger partial charge is 0.329 e. The maximum Gasteiger partial charge on any atom is 0.471 e. The summed E-state index contributed by atoms with van der Waals surface area (Å²) in [5, 5.41) is 3.33. The molecule has 3 rings (SSSR count). The van der Waals surface area contributed by atoms with Crippen molar-refractivity contribution in [3.63, 3.8) is 0 Å². The van der Waals surface area contributed by atoms with Gasteiger partial charge in [-0.3, -0.25) is 9.59 Å². The third kappa shape index (κ3) is 3.92. The van der Waals surface area contributed by atoms with Crippen LogP contribution < -0.4 is 0 Å². The van der Waals surface area contributed by atoms with Gasteiger partial charge in [-0.05, 0) is 18.4 Å². The molecule has 0 spiro atoms. The van der Waals surface area contributed by atoms with Gasteiger partial charge in [0, 0.05) is 24.6 Å². The van der Waals surface area contributed by atoms with Crippen LogP contribution in [0.25, 0.3) is 11.4 Å². The van der Waals surface area contributed by atoms with E-state index in [9.17, 15) is 22.8 Å². The normalized spacial score (nSPS) is 14.3. The lowest BCUT2D eigenvalue weighted by Gasteiger charge is -2.21. The second-order valence-corrected chi connectivity index (χ2v) is 6.06. The molecule has 2 aromatic rings. The number of alkyl halides is 3. The second-order valence-electron chi connectivity index (χ2n) is 6.06. The summed E-state index contributed by atoms with van der Waals surface area (Å²) in [5.41, 5.74) is 1.12. The second kappa shape index (κ2) is 6.89. The van der Waals surface area contributed by atoms with Crippen molar-refractivity contribution in [2.75, 3.05) is 0 Å². The predicted molar refractivity (Wildman–Crippen MR) is 83.6 cm³/mol. The molecule has 1 fully saturated rings. The van der Waals surface area contributed by atoms with E-state index >= 15 is 0 Å². The monoisotopic (exact) mass is 367 g/mol. The Morgan fingerprint density at radius 1 is 1.23 bits per heavy atom. The molecular weight excluding hydrogens is 351 g/mol. The molecule has 0 bridgehead atoms. The molecule has 0 saturated heterocycles. The van der Waals surface area contributed by atoms with Gasteiger partial charge >= 0.3 is 12.1 Å². The molecule has 9 heteroatoms. The first kappa shape index (κ1) is 18.1. The van der Waals surface area contributed by atoms with Gasteiger partial charge in [0.15, 0.2) is 0 Å². The SMILES string of the molecule is CCC(=O)C(=O)N(Cc1ccc(-c2noc(C(F)(F)F)n2)cc1)C1CC1. The zero-order valence-electron chi connectivity index (χ0n) is 13.9. The van der Waals surface area contributed by atoms with Crippen LogP contribution in [0.5, 0.6) is 0 Å². The van der Waals surface area contributed by atoms with Gasteiger partial charge in [0.1, 0.15) is 0 Å². The van der Waals surface area contributed by atoms with E-state index in [0.717, 1.165) is 18.4 Å². The largest absolute Gasteiger partial charge is 0.471 e. The molecule has 0 aliphatic heterocycles. The lowest BCUT2D eigenvalue weighted by molar-refractivity contribution is -0.159. The van der Waals surface area contributed by atoms with Gasteiger partial charge in [-0.25, -0.2) is 0 Å². The topological polar surface area (TPSA) is 76.3 Å². The molecule has 1 heterocycles. The van der Waals surface area contributed by atoms with Crippen molar-refractivity contribution in [1.29, 1.82) is 0 Å². The Morgan fingerprint density at radius 2 is 1.88 bits per heavy atom. The molecule has 1 amide bonds. The van der Waals surface area contributed by atoms with E-state index in [4.69, 9.17) is 0 Å². The predicted octanol–water partition coefficient (Wildman–Crippen LogP) is 3.23. The number of nitrogens with zero attached hydrogens (tertiary/aromatic N) is 3. The Morgan fingerprint density at radius 3 is 2.38 bits per heavy atom. The van der Waals surface area contributed by atoms with Crippen molar-refractivity contribution in [3.8, 4) is 11.4 Å². The van der Waals surface area contributed by atoms with E-state index in [1.807, 2.05) is 0 Å². The van der Waals surface area contributed by atoms with Crippen LogP contribution in [-0.2, 0) is 22.3 Å². The molecule has 138 valence electrons. The summed E-state index contributed by atoms with van der Waals surface area (Å²) in [7, 11) is 0. The van der Waals surface area contributed by atoms with Crippen molar-refractivity contribution < 1.29 is 27.3 Å². The highest BCUT2D eigenvalue weighted by Gasteiger charge is 2.38. The molecule has 6 nitrogen and oxygen atoms in total. The quantitative estimate of drug-likeness (QED) is 0.733. The highest BCUT2D eigenvalue weighted by Crippen LogP contribution is 2.30. The van der Waals surface area contributed by atoms with Gasteiger partial charge in [-0.1, -0.05) is 36.3 Å². The molecule has 1 aliphatic carbocycles. The van der Waals surface area contributed by atoms with Crippen molar-refractivity contribution in [3.05, 3.63) is 35.7 Å². The number of carbonyl (C=O) groups is 2. The Kier molecular flexibility index (Phi) is 4.80. The van der Waals surface area contributed by atoms with Gasteiger partial charge in [-0.15, -0.1) is 0 Å². The molecule has 0 N–H and O–H groups in total. The zero-order chi connectivity index (χ0) is 18.9. The fourth-order valence-electron chi connectivity index (χ4n) is 2.48. The van der Waals surface area contributed by atoms with Crippen LogP contribution in [-0.4, -0.2) is 32.8 Å². The van der Waals surface area contributed by atoms with Crippen molar-refractivity contribution in [1.82, 2.24) is 15.0 Å². The van der Waals surface area contributed by atoms with Crippen LogP contribution in [0.2, 0.25) is 0 Å². The van der Waals surface area contributed by atoms with Gasteiger partial charge in [0.25, 0.3) is 5.91 Å². The minimum absolute atomic E-state index is 0.0734. The summed E-state index contributed by atoms with van der Waals surface area (Å²) in [6.07, 6.45) is -2.81. The fourth-order valence-corrected chi connectivity index (χ4v) is 2.48. The third-order valence-corrected chi connectivity index (χ3v) is 4.04. The zero-order valence-corrected chi connectivity index (χ0v) is 13.9. The van der Waals surface area contributed by atoms with Gasteiger partial charge in [0.2, 0.25) is 11.6 Å². The molecule has 26 heavy (non-hydrogen) atoms. The number of ketones is 1. The summed E-state index contributed by atoms with van der Waals surface area (Å²) < 4.78 is 41.8. The van der Waals surface area contributed by atoms with E-state index in [1.165, 1.54) is 0 Å². The first-order valence-electron chi connectivity index (χ1n) is 8.13. The minimum Gasteiger partial charge on any atom is -0.329 e. The molecule has 0 unspecified atom stereocenters. The fraction of sp³-hybridized carbons (Fsp3) is 0.412. The maximum absolute atomic E-state index is 12.5. The highest BCUT2D eigenvalue weighted by molar-refractivity contribution is 6.36. The summed E-state index contributed by atoms with van der Waals surface area (Å²) in [6.45, 7) is 1.91. The molecule has 1 aromatic carbocycles. The average Bonchev–Trinajstić information content (AvgIpc) is 3.32. The third-order valence-electron chi connectivity index (χ3n) is 4.04. The lowest BCUT2D eigenvalue weighted by Crippen LogP contribution is -2.37. The van der Waals surface area contributed by atoms with Gasteiger partial charge in [-0.2, -0.15) is 18.2 Å². The van der Waals surface area contributed by atoms with Crippen LogP contribution in [0.3, 0.4) is 0 Å². The molecule has 1 aromatic heterocycles. The number of hydrogen-bond donors (Lipinski definition) is 0. The summed E-state index contributed by atoms with van der Waals surface area (Å²) >= 11 is 0. The minimum atomic E-state index is -4.69. The van der Waals surface area contributed by atoms with Crippen LogP contribution in [0.15, 0.2) is 28.8 Å². The number of Topliss-reactive ketones (excluding diaryl/α,β-unsaturated/α-hetero) is 1. The number of amides is 1. The summed E-state index contributed by atoms with van der Waals surface area (Å²) in [5.74, 6) is -2.49. The molecule has 1 aliphatic rings. The average molecular weight is 367 g/mol. The summed E-state index contributed by atoms with van der Waals surface area (Å²) in [6, 6.07) is 6.51.